The first-order valence-electron chi connectivity index (χ1n) is 8.33. The Labute approximate surface area is 139 Å². The highest BCUT2D eigenvalue weighted by Gasteiger charge is 2.19. The molecule has 23 heavy (non-hydrogen) atoms. The molecule has 3 aromatic rings. The number of benzene rings is 2. The zero-order valence-corrected chi connectivity index (χ0v) is 14.9. The summed E-state index contributed by atoms with van der Waals surface area (Å²) in [5.41, 5.74) is 6.91. The zero-order valence-electron chi connectivity index (χ0n) is 14.9. The van der Waals surface area contributed by atoms with Crippen LogP contribution in [0.25, 0.3) is 22.2 Å². The summed E-state index contributed by atoms with van der Waals surface area (Å²) in [5, 5.41) is 1.36. The van der Waals surface area contributed by atoms with E-state index in [9.17, 15) is 0 Å². The lowest BCUT2D eigenvalue weighted by Gasteiger charge is -2.19. The minimum absolute atomic E-state index is 0.293. The van der Waals surface area contributed by atoms with E-state index in [1.807, 2.05) is 0 Å². The molecule has 2 aromatic carbocycles. The molecule has 1 heteroatoms. The molecular formula is C22H26N+. The number of rotatable bonds is 2. The molecule has 0 aliphatic carbocycles. The summed E-state index contributed by atoms with van der Waals surface area (Å²) in [6, 6.07) is 19.8. The van der Waals surface area contributed by atoms with E-state index < -0.39 is 0 Å². The number of aromatic nitrogens is 1. The van der Waals surface area contributed by atoms with Crippen LogP contribution in [0.1, 0.15) is 31.9 Å². The van der Waals surface area contributed by atoms with Gasteiger partial charge in [-0.1, -0.05) is 51.1 Å². The summed E-state index contributed by atoms with van der Waals surface area (Å²) in [5.74, 6) is 0. The molecule has 0 unspecified atom stereocenters. The van der Waals surface area contributed by atoms with Crippen molar-refractivity contribution in [3.63, 3.8) is 0 Å². The number of hydrogen-bond acceptors (Lipinski definition) is 0. The Morgan fingerprint density at radius 2 is 1.61 bits per heavy atom. The van der Waals surface area contributed by atoms with Gasteiger partial charge in [-0.05, 0) is 42.0 Å². The van der Waals surface area contributed by atoms with Crippen molar-refractivity contribution in [3.8, 4) is 11.3 Å². The van der Waals surface area contributed by atoms with Crippen molar-refractivity contribution in [1.82, 2.24) is 0 Å². The van der Waals surface area contributed by atoms with E-state index in [-0.39, 0.29) is 0 Å². The van der Waals surface area contributed by atoms with Crippen LogP contribution in [0.5, 0.6) is 0 Å². The van der Waals surface area contributed by atoms with Crippen molar-refractivity contribution >= 4 is 10.9 Å². The molecule has 0 saturated heterocycles. The van der Waals surface area contributed by atoms with Crippen LogP contribution < -0.4 is 4.57 Å². The molecule has 0 aliphatic rings. The van der Waals surface area contributed by atoms with Crippen molar-refractivity contribution in [1.29, 1.82) is 0 Å². The number of fused-ring (bicyclic) bond motifs is 1. The molecule has 0 atom stereocenters. The molecule has 3 rings (SSSR count). The third-order valence-electron chi connectivity index (χ3n) is 4.45. The van der Waals surface area contributed by atoms with Crippen molar-refractivity contribution < 1.29 is 4.57 Å². The first kappa shape index (κ1) is 15.7. The van der Waals surface area contributed by atoms with Crippen LogP contribution in [0, 0.1) is 12.3 Å². The SMILES string of the molecule is Cc1ccccc1-c1ccc2c(CC(C)(C)C)cccc2[n+]1C. The predicted octanol–water partition coefficient (Wildman–Crippen LogP) is 5.23. The molecule has 118 valence electrons. The molecule has 1 nitrogen and oxygen atoms in total. The Morgan fingerprint density at radius 1 is 0.870 bits per heavy atom. The minimum atomic E-state index is 0.293. The van der Waals surface area contributed by atoms with Gasteiger partial charge in [0, 0.05) is 23.1 Å². The summed E-state index contributed by atoms with van der Waals surface area (Å²) < 4.78 is 2.32. The molecule has 0 N–H and O–H groups in total. The number of aryl methyl sites for hydroxylation is 2. The molecule has 0 aliphatic heterocycles. The van der Waals surface area contributed by atoms with Gasteiger partial charge in [-0.25, -0.2) is 0 Å². The maximum Gasteiger partial charge on any atom is 0.213 e. The molecule has 0 bridgehead atoms. The highest BCUT2D eigenvalue weighted by Crippen LogP contribution is 2.27. The van der Waals surface area contributed by atoms with Gasteiger partial charge in [-0.2, -0.15) is 4.57 Å². The third-order valence-corrected chi connectivity index (χ3v) is 4.45. The molecule has 1 heterocycles. The van der Waals surface area contributed by atoms with E-state index in [4.69, 9.17) is 0 Å². The smallest absolute Gasteiger partial charge is 0.194 e. The average Bonchev–Trinajstić information content (AvgIpc) is 2.48. The zero-order chi connectivity index (χ0) is 16.6. The molecular weight excluding hydrogens is 278 g/mol. The lowest BCUT2D eigenvalue weighted by Crippen LogP contribution is -2.32. The molecule has 0 spiro atoms. The van der Waals surface area contributed by atoms with Crippen LogP contribution in [0.3, 0.4) is 0 Å². The van der Waals surface area contributed by atoms with Crippen LogP contribution in [-0.4, -0.2) is 0 Å². The van der Waals surface area contributed by atoms with Gasteiger partial charge in [0.1, 0.15) is 7.05 Å². The lowest BCUT2D eigenvalue weighted by molar-refractivity contribution is -0.633. The van der Waals surface area contributed by atoms with E-state index in [0.717, 1.165) is 6.42 Å². The molecule has 0 amide bonds. The van der Waals surface area contributed by atoms with Crippen LogP contribution in [0.15, 0.2) is 54.6 Å². The highest BCUT2D eigenvalue weighted by molar-refractivity contribution is 5.81. The maximum absolute atomic E-state index is 2.32. The fourth-order valence-electron chi connectivity index (χ4n) is 3.34. The first-order valence-corrected chi connectivity index (χ1v) is 8.33. The van der Waals surface area contributed by atoms with Gasteiger partial charge >= 0.3 is 0 Å². The first-order chi connectivity index (χ1) is 10.9. The van der Waals surface area contributed by atoms with Gasteiger partial charge in [-0.15, -0.1) is 0 Å². The number of pyridine rings is 1. The monoisotopic (exact) mass is 304 g/mol. The predicted molar refractivity (Wildman–Crippen MR) is 98.5 cm³/mol. The van der Waals surface area contributed by atoms with Gasteiger partial charge in [-0.3, -0.25) is 0 Å². The highest BCUT2D eigenvalue weighted by atomic mass is 14.9. The second-order valence-electron chi connectivity index (χ2n) is 7.68. The fraction of sp³-hybridized carbons (Fsp3) is 0.318. The van der Waals surface area contributed by atoms with Gasteiger partial charge in [0.15, 0.2) is 0 Å². The largest absolute Gasteiger partial charge is 0.213 e. The standard InChI is InChI=1S/C22H26N/c1-16-9-6-7-11-18(16)21-14-13-19-17(15-22(2,3)4)10-8-12-20(19)23(21)5/h6-14H,15H2,1-5H3/q+1. The molecule has 0 radical (unpaired) electrons. The van der Waals surface area contributed by atoms with Gasteiger partial charge in [0.05, 0.1) is 0 Å². The fourth-order valence-corrected chi connectivity index (χ4v) is 3.34. The van der Waals surface area contributed by atoms with E-state index in [1.54, 1.807) is 0 Å². The summed E-state index contributed by atoms with van der Waals surface area (Å²) in [4.78, 5) is 0. The molecule has 1 aromatic heterocycles. The molecule has 0 saturated carbocycles. The number of nitrogens with zero attached hydrogens (tertiary/aromatic N) is 1. The van der Waals surface area contributed by atoms with E-state index in [2.05, 4.69) is 93.9 Å². The Kier molecular flexibility index (Phi) is 3.97. The van der Waals surface area contributed by atoms with Gasteiger partial charge < -0.3 is 0 Å². The minimum Gasteiger partial charge on any atom is -0.194 e. The summed E-state index contributed by atoms with van der Waals surface area (Å²) in [6.07, 6.45) is 1.09. The van der Waals surface area contributed by atoms with Crippen LogP contribution in [-0.2, 0) is 13.5 Å². The summed E-state index contributed by atoms with van der Waals surface area (Å²) >= 11 is 0. The van der Waals surface area contributed by atoms with Crippen LogP contribution in [0.2, 0.25) is 0 Å². The van der Waals surface area contributed by atoms with Crippen molar-refractivity contribution in [3.05, 3.63) is 65.7 Å². The number of hydrogen-bond donors (Lipinski definition) is 0. The lowest BCUT2D eigenvalue weighted by atomic mass is 9.86. The average molecular weight is 304 g/mol. The normalized spacial score (nSPS) is 11.9. The van der Waals surface area contributed by atoms with Crippen molar-refractivity contribution in [2.24, 2.45) is 12.5 Å². The maximum atomic E-state index is 2.32. The second-order valence-corrected chi connectivity index (χ2v) is 7.68. The Bertz CT molecular complexity index is 853. The van der Waals surface area contributed by atoms with E-state index in [0.29, 0.717) is 5.41 Å². The third kappa shape index (κ3) is 3.14. The quantitative estimate of drug-likeness (QED) is 0.571. The second kappa shape index (κ2) is 5.81. The van der Waals surface area contributed by atoms with Crippen molar-refractivity contribution in [2.75, 3.05) is 0 Å². The summed E-state index contributed by atoms with van der Waals surface area (Å²) in [7, 11) is 2.17. The Hall–Kier alpha value is -2.15. The summed E-state index contributed by atoms with van der Waals surface area (Å²) in [6.45, 7) is 9.07. The Morgan fingerprint density at radius 3 is 2.30 bits per heavy atom. The van der Waals surface area contributed by atoms with Crippen LogP contribution >= 0.6 is 0 Å². The van der Waals surface area contributed by atoms with Crippen LogP contribution in [0.4, 0.5) is 0 Å². The van der Waals surface area contributed by atoms with E-state index in [1.165, 1.54) is 33.3 Å². The van der Waals surface area contributed by atoms with Gasteiger partial charge in [0.2, 0.25) is 11.2 Å². The van der Waals surface area contributed by atoms with Gasteiger partial charge in [0.25, 0.3) is 0 Å². The Balaban J connectivity index is 2.20. The van der Waals surface area contributed by atoms with E-state index >= 15 is 0 Å². The van der Waals surface area contributed by atoms with Crippen molar-refractivity contribution in [2.45, 2.75) is 34.1 Å². The topological polar surface area (TPSA) is 3.88 Å². The molecule has 0 fully saturated rings.